The van der Waals surface area contributed by atoms with Gasteiger partial charge in [0.25, 0.3) is 5.91 Å². The molecule has 1 N–H and O–H groups in total. The molecule has 0 radical (unpaired) electrons. The number of benzene rings is 2. The average molecular weight is 343 g/mol. The van der Waals surface area contributed by atoms with E-state index < -0.39 is 33.2 Å². The van der Waals surface area contributed by atoms with Crippen molar-refractivity contribution in [2.24, 2.45) is 0 Å². The number of para-hydroxylation sites is 1. The Morgan fingerprint density at radius 3 is 2.17 bits per heavy atom. The van der Waals surface area contributed by atoms with Crippen LogP contribution in [0.25, 0.3) is 0 Å². The summed E-state index contributed by atoms with van der Waals surface area (Å²) in [6.07, 6.45) is -3.72. The number of sulfone groups is 1. The van der Waals surface area contributed by atoms with Gasteiger partial charge in [0, 0.05) is 6.26 Å². The van der Waals surface area contributed by atoms with Crippen LogP contribution in [0.5, 0.6) is 0 Å². The van der Waals surface area contributed by atoms with Gasteiger partial charge in [0.1, 0.15) is 0 Å². The van der Waals surface area contributed by atoms with E-state index >= 15 is 0 Å². The molecule has 23 heavy (non-hydrogen) atoms. The summed E-state index contributed by atoms with van der Waals surface area (Å²) in [6, 6.07) is 9.79. The van der Waals surface area contributed by atoms with Crippen LogP contribution in [0.3, 0.4) is 0 Å². The van der Waals surface area contributed by atoms with Gasteiger partial charge in [-0.2, -0.15) is 13.2 Å². The zero-order valence-electron chi connectivity index (χ0n) is 11.9. The Balaban J connectivity index is 2.43. The van der Waals surface area contributed by atoms with Gasteiger partial charge in [0.05, 0.1) is 21.7 Å². The Kier molecular flexibility index (Phi) is 4.46. The van der Waals surface area contributed by atoms with Gasteiger partial charge in [0.2, 0.25) is 0 Å². The second-order valence-electron chi connectivity index (χ2n) is 4.77. The molecule has 2 rings (SSSR count). The number of rotatable bonds is 3. The van der Waals surface area contributed by atoms with Crippen molar-refractivity contribution in [1.29, 1.82) is 0 Å². The highest BCUT2D eigenvalue weighted by Crippen LogP contribution is 2.34. The topological polar surface area (TPSA) is 63.2 Å². The van der Waals surface area contributed by atoms with Crippen molar-refractivity contribution >= 4 is 21.4 Å². The second kappa shape index (κ2) is 6.04. The Labute approximate surface area is 130 Å². The molecular weight excluding hydrogens is 331 g/mol. The van der Waals surface area contributed by atoms with Gasteiger partial charge in [-0.1, -0.05) is 24.3 Å². The van der Waals surface area contributed by atoms with Crippen LogP contribution < -0.4 is 5.32 Å². The number of amides is 1. The van der Waals surface area contributed by atoms with Crippen molar-refractivity contribution in [3.05, 3.63) is 59.7 Å². The van der Waals surface area contributed by atoms with Gasteiger partial charge in [-0.3, -0.25) is 4.79 Å². The normalized spacial score (nSPS) is 12.0. The Hall–Kier alpha value is -2.35. The number of alkyl halides is 3. The summed E-state index contributed by atoms with van der Waals surface area (Å²) in [6.45, 7) is 0. The molecule has 0 atom stereocenters. The zero-order chi connectivity index (χ0) is 17.3. The van der Waals surface area contributed by atoms with Crippen LogP contribution in [0.1, 0.15) is 15.9 Å². The van der Waals surface area contributed by atoms with Crippen LogP contribution in [0, 0.1) is 0 Å². The lowest BCUT2D eigenvalue weighted by molar-refractivity contribution is -0.136. The molecule has 2 aromatic rings. The molecular formula is C15H12F3NO3S. The summed E-state index contributed by atoms with van der Waals surface area (Å²) >= 11 is 0. The van der Waals surface area contributed by atoms with Crippen LogP contribution in [0.2, 0.25) is 0 Å². The lowest BCUT2D eigenvalue weighted by atomic mass is 10.1. The molecule has 0 aliphatic carbocycles. The monoisotopic (exact) mass is 343 g/mol. The van der Waals surface area contributed by atoms with Crippen molar-refractivity contribution in [3.63, 3.8) is 0 Å². The number of hydrogen-bond acceptors (Lipinski definition) is 3. The number of carbonyl (C=O) groups excluding carboxylic acids is 1. The molecule has 0 spiro atoms. The number of anilines is 1. The minimum Gasteiger partial charge on any atom is -0.321 e. The first kappa shape index (κ1) is 17.0. The molecule has 122 valence electrons. The summed E-state index contributed by atoms with van der Waals surface area (Å²) in [5.74, 6) is -0.928. The lowest BCUT2D eigenvalue weighted by Gasteiger charge is -2.14. The molecule has 2 aromatic carbocycles. The van der Waals surface area contributed by atoms with E-state index in [-0.39, 0.29) is 10.5 Å². The SMILES string of the molecule is CS(=O)(=O)c1ccccc1C(=O)Nc1ccccc1C(F)(F)F. The van der Waals surface area contributed by atoms with Crippen LogP contribution in [0.4, 0.5) is 18.9 Å². The molecule has 8 heteroatoms. The van der Waals surface area contributed by atoms with Crippen LogP contribution in [-0.4, -0.2) is 20.6 Å². The fraction of sp³-hybridized carbons (Fsp3) is 0.133. The summed E-state index contributed by atoms with van der Waals surface area (Å²) in [4.78, 5) is 12.0. The summed E-state index contributed by atoms with van der Waals surface area (Å²) in [5.41, 5.74) is -1.66. The maximum Gasteiger partial charge on any atom is 0.418 e. The van der Waals surface area contributed by atoms with Crippen LogP contribution in [0.15, 0.2) is 53.4 Å². The van der Waals surface area contributed by atoms with Gasteiger partial charge in [-0.25, -0.2) is 8.42 Å². The standard InChI is InChI=1S/C15H12F3NO3S/c1-23(21,22)13-9-5-2-6-10(13)14(20)19-12-8-4-3-7-11(12)15(16,17)18/h2-9H,1H3,(H,19,20). The van der Waals surface area contributed by atoms with E-state index in [1.165, 1.54) is 36.4 Å². The molecule has 0 saturated carbocycles. The third kappa shape index (κ3) is 3.89. The lowest BCUT2D eigenvalue weighted by Crippen LogP contribution is -2.18. The third-order valence-corrected chi connectivity index (χ3v) is 4.17. The minimum atomic E-state index is -4.64. The number of hydrogen-bond donors (Lipinski definition) is 1. The first-order valence-electron chi connectivity index (χ1n) is 6.37. The van der Waals surface area contributed by atoms with E-state index in [9.17, 15) is 26.4 Å². The average Bonchev–Trinajstić information content (AvgIpc) is 2.46. The van der Waals surface area contributed by atoms with Crippen molar-refractivity contribution in [2.45, 2.75) is 11.1 Å². The van der Waals surface area contributed by atoms with Crippen LogP contribution in [-0.2, 0) is 16.0 Å². The molecule has 0 bridgehead atoms. The molecule has 0 aliphatic heterocycles. The van der Waals surface area contributed by atoms with Gasteiger partial charge in [-0.15, -0.1) is 0 Å². The first-order valence-corrected chi connectivity index (χ1v) is 8.26. The van der Waals surface area contributed by atoms with Crippen molar-refractivity contribution < 1.29 is 26.4 Å². The van der Waals surface area contributed by atoms with Gasteiger partial charge in [-0.05, 0) is 24.3 Å². The van der Waals surface area contributed by atoms with Crippen LogP contribution >= 0.6 is 0 Å². The zero-order valence-corrected chi connectivity index (χ0v) is 12.7. The highest BCUT2D eigenvalue weighted by atomic mass is 32.2. The molecule has 0 aliphatic rings. The van der Waals surface area contributed by atoms with Gasteiger partial charge >= 0.3 is 6.18 Å². The Bertz CT molecular complexity index is 845. The minimum absolute atomic E-state index is 0.216. The quantitative estimate of drug-likeness (QED) is 0.929. The molecule has 0 saturated heterocycles. The van der Waals surface area contributed by atoms with E-state index in [2.05, 4.69) is 5.32 Å². The van der Waals surface area contributed by atoms with E-state index in [1.54, 1.807) is 0 Å². The third-order valence-electron chi connectivity index (χ3n) is 3.01. The predicted octanol–water partition coefficient (Wildman–Crippen LogP) is 3.36. The second-order valence-corrected chi connectivity index (χ2v) is 6.75. The molecule has 0 aromatic heterocycles. The van der Waals surface area contributed by atoms with Gasteiger partial charge in [0.15, 0.2) is 9.84 Å². The maximum absolute atomic E-state index is 12.9. The van der Waals surface area contributed by atoms with E-state index in [4.69, 9.17) is 0 Å². The fourth-order valence-electron chi connectivity index (χ4n) is 2.01. The highest BCUT2D eigenvalue weighted by molar-refractivity contribution is 7.90. The fourth-order valence-corrected chi connectivity index (χ4v) is 2.89. The van der Waals surface area contributed by atoms with E-state index in [0.29, 0.717) is 0 Å². The van der Waals surface area contributed by atoms with E-state index in [1.807, 2.05) is 0 Å². The summed E-state index contributed by atoms with van der Waals surface area (Å²) in [5, 5.41) is 2.12. The first-order chi connectivity index (χ1) is 10.6. The predicted molar refractivity (Wildman–Crippen MR) is 78.9 cm³/mol. The smallest absolute Gasteiger partial charge is 0.321 e. The summed E-state index contributed by atoms with van der Waals surface area (Å²) < 4.78 is 62.1. The summed E-state index contributed by atoms with van der Waals surface area (Å²) in [7, 11) is -3.69. The number of halogens is 3. The number of carbonyl (C=O) groups is 1. The largest absolute Gasteiger partial charge is 0.418 e. The number of nitrogens with one attached hydrogen (secondary N) is 1. The van der Waals surface area contributed by atoms with Crippen molar-refractivity contribution in [1.82, 2.24) is 0 Å². The molecule has 1 amide bonds. The highest BCUT2D eigenvalue weighted by Gasteiger charge is 2.33. The Morgan fingerprint density at radius 1 is 1.00 bits per heavy atom. The molecule has 0 fully saturated rings. The maximum atomic E-state index is 12.9. The Morgan fingerprint density at radius 2 is 1.57 bits per heavy atom. The van der Waals surface area contributed by atoms with E-state index in [0.717, 1.165) is 18.4 Å². The molecule has 0 unspecified atom stereocenters. The molecule has 0 heterocycles. The molecule has 4 nitrogen and oxygen atoms in total. The van der Waals surface area contributed by atoms with Gasteiger partial charge < -0.3 is 5.32 Å². The van der Waals surface area contributed by atoms with Crippen molar-refractivity contribution in [2.75, 3.05) is 11.6 Å². The van der Waals surface area contributed by atoms with Crippen molar-refractivity contribution in [3.8, 4) is 0 Å².